The van der Waals surface area contributed by atoms with Gasteiger partial charge in [0.15, 0.2) is 0 Å². The average Bonchev–Trinajstić information content (AvgIpc) is 2.88. The molecule has 1 unspecified atom stereocenters. The molecule has 0 saturated carbocycles. The summed E-state index contributed by atoms with van der Waals surface area (Å²) in [6, 6.07) is 10.8. The molecule has 0 saturated heterocycles. The Bertz CT molecular complexity index is 562. The zero-order valence-corrected chi connectivity index (χ0v) is 14.0. The summed E-state index contributed by atoms with van der Waals surface area (Å²) in [7, 11) is 0. The fourth-order valence-corrected chi connectivity index (χ4v) is 2.64. The van der Waals surface area contributed by atoms with Gasteiger partial charge in [0.05, 0.1) is 0 Å². The van der Waals surface area contributed by atoms with E-state index in [9.17, 15) is 0 Å². The summed E-state index contributed by atoms with van der Waals surface area (Å²) >= 11 is 3.57. The lowest BCUT2D eigenvalue weighted by molar-refractivity contribution is 0.464. The van der Waals surface area contributed by atoms with E-state index < -0.39 is 0 Å². The van der Waals surface area contributed by atoms with Gasteiger partial charge >= 0.3 is 0 Å². The first-order valence-electron chi connectivity index (χ1n) is 7.19. The standard InChI is InChI=1S/C17H22BrNO/c1-4-10-19-12(2)11-14-8-9-17(20-14)15-6-5-7-16(18)13(15)3/h5-9,12,19H,4,10-11H2,1-3H3. The molecule has 1 aromatic heterocycles. The Hall–Kier alpha value is -1.06. The van der Waals surface area contributed by atoms with E-state index in [-0.39, 0.29) is 0 Å². The highest BCUT2D eigenvalue weighted by atomic mass is 79.9. The minimum Gasteiger partial charge on any atom is -0.461 e. The van der Waals surface area contributed by atoms with E-state index in [1.54, 1.807) is 0 Å². The Morgan fingerprint density at radius 1 is 1.25 bits per heavy atom. The summed E-state index contributed by atoms with van der Waals surface area (Å²) in [4.78, 5) is 0. The maximum Gasteiger partial charge on any atom is 0.134 e. The Morgan fingerprint density at radius 2 is 2.05 bits per heavy atom. The van der Waals surface area contributed by atoms with E-state index in [4.69, 9.17) is 4.42 Å². The van der Waals surface area contributed by atoms with Gasteiger partial charge in [0.2, 0.25) is 0 Å². The predicted molar refractivity (Wildman–Crippen MR) is 88.0 cm³/mol. The lowest BCUT2D eigenvalue weighted by atomic mass is 10.1. The van der Waals surface area contributed by atoms with Crippen molar-refractivity contribution in [2.45, 2.75) is 39.7 Å². The summed E-state index contributed by atoms with van der Waals surface area (Å²) in [6.45, 7) is 7.54. The van der Waals surface area contributed by atoms with Gasteiger partial charge in [-0.25, -0.2) is 0 Å². The predicted octanol–water partition coefficient (Wildman–Crippen LogP) is 4.95. The van der Waals surface area contributed by atoms with E-state index in [0.717, 1.165) is 40.9 Å². The van der Waals surface area contributed by atoms with Gasteiger partial charge in [0.25, 0.3) is 0 Å². The summed E-state index contributed by atoms with van der Waals surface area (Å²) in [5.41, 5.74) is 2.37. The molecule has 1 aromatic carbocycles. The molecule has 0 fully saturated rings. The summed E-state index contributed by atoms with van der Waals surface area (Å²) < 4.78 is 7.11. The Kier molecular flexibility index (Phi) is 5.44. The third-order valence-electron chi connectivity index (χ3n) is 3.44. The first-order valence-corrected chi connectivity index (χ1v) is 7.98. The normalized spacial score (nSPS) is 12.6. The fraction of sp³-hybridized carbons (Fsp3) is 0.412. The molecule has 0 spiro atoms. The van der Waals surface area contributed by atoms with Crippen LogP contribution in [0.2, 0.25) is 0 Å². The lowest BCUT2D eigenvalue weighted by Crippen LogP contribution is -2.28. The van der Waals surface area contributed by atoms with E-state index >= 15 is 0 Å². The molecule has 20 heavy (non-hydrogen) atoms. The molecule has 0 aliphatic carbocycles. The van der Waals surface area contributed by atoms with Crippen molar-refractivity contribution in [2.24, 2.45) is 0 Å². The third-order valence-corrected chi connectivity index (χ3v) is 4.30. The molecule has 1 N–H and O–H groups in total. The largest absolute Gasteiger partial charge is 0.461 e. The van der Waals surface area contributed by atoms with Crippen LogP contribution in [0.4, 0.5) is 0 Å². The summed E-state index contributed by atoms with van der Waals surface area (Å²) in [6.07, 6.45) is 2.08. The number of furan rings is 1. The molecule has 0 amide bonds. The van der Waals surface area contributed by atoms with Crippen LogP contribution in [0.15, 0.2) is 39.2 Å². The minimum atomic E-state index is 0.442. The monoisotopic (exact) mass is 335 g/mol. The molecule has 0 bridgehead atoms. The van der Waals surface area contributed by atoms with Crippen LogP contribution in [0.3, 0.4) is 0 Å². The summed E-state index contributed by atoms with van der Waals surface area (Å²) in [5.74, 6) is 1.98. The number of halogens is 1. The van der Waals surface area contributed by atoms with Crippen LogP contribution in [-0.4, -0.2) is 12.6 Å². The Balaban J connectivity index is 2.11. The Labute approximate surface area is 129 Å². The molecule has 2 aromatic rings. The first kappa shape index (κ1) is 15.3. The molecule has 0 aliphatic heterocycles. The maximum atomic E-state index is 6.00. The smallest absolute Gasteiger partial charge is 0.134 e. The van der Waals surface area contributed by atoms with Gasteiger partial charge < -0.3 is 9.73 Å². The molecule has 1 heterocycles. The van der Waals surface area contributed by atoms with Crippen molar-refractivity contribution in [2.75, 3.05) is 6.54 Å². The van der Waals surface area contributed by atoms with Gasteiger partial charge in [-0.3, -0.25) is 0 Å². The minimum absolute atomic E-state index is 0.442. The van der Waals surface area contributed by atoms with Crippen LogP contribution in [0.25, 0.3) is 11.3 Å². The SMILES string of the molecule is CCCNC(C)Cc1ccc(-c2cccc(Br)c2C)o1. The van der Waals surface area contributed by atoms with E-state index in [1.165, 1.54) is 5.56 Å². The second-order valence-corrected chi connectivity index (χ2v) is 6.09. The highest BCUT2D eigenvalue weighted by Crippen LogP contribution is 2.30. The number of rotatable bonds is 6. The third kappa shape index (κ3) is 3.74. The van der Waals surface area contributed by atoms with Crippen molar-refractivity contribution in [3.63, 3.8) is 0 Å². The molecular formula is C17H22BrNO. The van der Waals surface area contributed by atoms with Gasteiger partial charge in [-0.05, 0) is 50.6 Å². The number of benzene rings is 1. The second kappa shape index (κ2) is 7.09. The van der Waals surface area contributed by atoms with Crippen LogP contribution >= 0.6 is 15.9 Å². The van der Waals surface area contributed by atoms with Gasteiger partial charge in [-0.1, -0.05) is 35.0 Å². The van der Waals surface area contributed by atoms with Gasteiger partial charge in [0, 0.05) is 22.5 Å². The van der Waals surface area contributed by atoms with Gasteiger partial charge in [-0.15, -0.1) is 0 Å². The van der Waals surface area contributed by atoms with Crippen molar-refractivity contribution in [3.05, 3.63) is 46.1 Å². The molecule has 2 nitrogen and oxygen atoms in total. The zero-order valence-electron chi connectivity index (χ0n) is 12.4. The van der Waals surface area contributed by atoms with Crippen LogP contribution < -0.4 is 5.32 Å². The van der Waals surface area contributed by atoms with E-state index in [1.807, 2.05) is 6.07 Å². The zero-order chi connectivity index (χ0) is 14.5. The average molecular weight is 336 g/mol. The second-order valence-electron chi connectivity index (χ2n) is 5.24. The highest BCUT2D eigenvalue weighted by Gasteiger charge is 2.11. The van der Waals surface area contributed by atoms with E-state index in [2.05, 4.69) is 66.3 Å². The van der Waals surface area contributed by atoms with Crippen molar-refractivity contribution in [3.8, 4) is 11.3 Å². The van der Waals surface area contributed by atoms with Crippen molar-refractivity contribution in [1.29, 1.82) is 0 Å². The molecule has 108 valence electrons. The number of hydrogen-bond donors (Lipinski definition) is 1. The quantitative estimate of drug-likeness (QED) is 0.808. The molecule has 3 heteroatoms. The fourth-order valence-electron chi connectivity index (χ4n) is 2.27. The highest BCUT2D eigenvalue weighted by molar-refractivity contribution is 9.10. The Morgan fingerprint density at radius 3 is 2.80 bits per heavy atom. The van der Waals surface area contributed by atoms with Crippen LogP contribution in [0.1, 0.15) is 31.6 Å². The van der Waals surface area contributed by atoms with Crippen LogP contribution in [-0.2, 0) is 6.42 Å². The van der Waals surface area contributed by atoms with Crippen molar-refractivity contribution < 1.29 is 4.42 Å². The van der Waals surface area contributed by atoms with Gasteiger partial charge in [-0.2, -0.15) is 0 Å². The van der Waals surface area contributed by atoms with Crippen molar-refractivity contribution in [1.82, 2.24) is 5.32 Å². The number of nitrogens with one attached hydrogen (secondary N) is 1. The number of hydrogen-bond acceptors (Lipinski definition) is 2. The van der Waals surface area contributed by atoms with Crippen LogP contribution in [0.5, 0.6) is 0 Å². The molecular weight excluding hydrogens is 314 g/mol. The molecule has 1 atom stereocenters. The van der Waals surface area contributed by atoms with Gasteiger partial charge in [0.1, 0.15) is 11.5 Å². The first-order chi connectivity index (χ1) is 9.61. The maximum absolute atomic E-state index is 6.00. The lowest BCUT2D eigenvalue weighted by Gasteiger charge is -2.11. The van der Waals surface area contributed by atoms with Crippen LogP contribution in [0, 0.1) is 6.92 Å². The summed E-state index contributed by atoms with van der Waals surface area (Å²) in [5, 5.41) is 3.48. The van der Waals surface area contributed by atoms with Crippen molar-refractivity contribution >= 4 is 15.9 Å². The van der Waals surface area contributed by atoms with E-state index in [0.29, 0.717) is 6.04 Å². The molecule has 0 aliphatic rings. The topological polar surface area (TPSA) is 25.2 Å². The molecule has 2 rings (SSSR count). The molecule has 0 radical (unpaired) electrons.